The van der Waals surface area contributed by atoms with Crippen LogP contribution in [0.1, 0.15) is 21.5 Å². The summed E-state index contributed by atoms with van der Waals surface area (Å²) >= 11 is 0. The highest BCUT2D eigenvalue weighted by molar-refractivity contribution is 5.88. The van der Waals surface area contributed by atoms with Gasteiger partial charge in [0.2, 0.25) is 5.52 Å². The maximum Gasteiger partial charge on any atom is 0.212 e. The van der Waals surface area contributed by atoms with Crippen molar-refractivity contribution >= 4 is 29.3 Å². The number of carbonyl (C=O) groups excluding carboxylic acids is 1. The van der Waals surface area contributed by atoms with E-state index >= 15 is 0 Å². The lowest BCUT2D eigenvalue weighted by Gasteiger charge is -2.01. The van der Waals surface area contributed by atoms with Crippen LogP contribution >= 0.6 is 0 Å². The Balaban J connectivity index is 1.99. The number of hydrogen-bond acceptors (Lipinski definition) is 1. The van der Waals surface area contributed by atoms with E-state index < -0.39 is 0 Å². The molecule has 0 aliphatic heterocycles. The Morgan fingerprint density at radius 2 is 1.57 bits per heavy atom. The van der Waals surface area contributed by atoms with Crippen molar-refractivity contribution in [2.45, 2.75) is 0 Å². The van der Waals surface area contributed by atoms with Crippen LogP contribution in [-0.2, 0) is 7.05 Å². The van der Waals surface area contributed by atoms with Gasteiger partial charge in [-0.05, 0) is 17.2 Å². The van der Waals surface area contributed by atoms with Gasteiger partial charge in [0.1, 0.15) is 13.3 Å². The average molecular weight is 274 g/mol. The largest absolute Gasteiger partial charge is 0.298 e. The van der Waals surface area contributed by atoms with Gasteiger partial charge in [-0.25, -0.2) is 4.57 Å². The van der Waals surface area contributed by atoms with E-state index in [1.165, 1.54) is 16.5 Å². The lowest BCUT2D eigenvalue weighted by molar-refractivity contribution is -0.644. The van der Waals surface area contributed by atoms with Crippen molar-refractivity contribution in [2.24, 2.45) is 7.05 Å². The van der Waals surface area contributed by atoms with Gasteiger partial charge in [-0.2, -0.15) is 0 Å². The van der Waals surface area contributed by atoms with Crippen molar-refractivity contribution in [1.82, 2.24) is 0 Å². The number of para-hydroxylation sites is 1. The molecule has 1 aromatic heterocycles. The average Bonchev–Trinajstić information content (AvgIpc) is 2.55. The number of carbonyl (C=O) groups is 1. The van der Waals surface area contributed by atoms with Gasteiger partial charge in [0.25, 0.3) is 0 Å². The van der Waals surface area contributed by atoms with Crippen molar-refractivity contribution in [2.75, 3.05) is 0 Å². The number of aromatic nitrogens is 1. The zero-order valence-electron chi connectivity index (χ0n) is 11.9. The first kappa shape index (κ1) is 13.3. The van der Waals surface area contributed by atoms with E-state index in [1.54, 1.807) is 0 Å². The summed E-state index contributed by atoms with van der Waals surface area (Å²) in [5.74, 6) is 0. The number of aryl methyl sites for hydroxylation is 1. The Morgan fingerprint density at radius 3 is 2.33 bits per heavy atom. The number of hydrogen-bond donors (Lipinski definition) is 0. The van der Waals surface area contributed by atoms with Crippen molar-refractivity contribution in [1.29, 1.82) is 0 Å². The van der Waals surface area contributed by atoms with E-state index in [1.807, 2.05) is 37.4 Å². The first-order valence-electron chi connectivity index (χ1n) is 6.88. The third kappa shape index (κ3) is 2.75. The maximum atomic E-state index is 10.7. The molecule has 2 aromatic carbocycles. The standard InChI is InChI=1S/C19H16NO/c1-20-13-12-17(18-4-2-3-5-19(18)20)11-10-15-6-8-16(14-21)9-7-15/h2-14H,1H3/q+1/b11-10-. The van der Waals surface area contributed by atoms with Gasteiger partial charge >= 0.3 is 0 Å². The molecule has 2 heteroatoms. The second kappa shape index (κ2) is 5.71. The van der Waals surface area contributed by atoms with Gasteiger partial charge in [-0.3, -0.25) is 4.79 Å². The van der Waals surface area contributed by atoms with Crippen LogP contribution in [0.2, 0.25) is 0 Å². The van der Waals surface area contributed by atoms with E-state index in [0.717, 1.165) is 11.8 Å². The summed E-state index contributed by atoms with van der Waals surface area (Å²) in [5.41, 5.74) is 4.17. The molecule has 3 rings (SSSR count). The molecule has 0 saturated heterocycles. The van der Waals surface area contributed by atoms with Gasteiger partial charge in [0.15, 0.2) is 6.20 Å². The molecule has 0 bridgehead atoms. The van der Waals surface area contributed by atoms with Gasteiger partial charge in [0.05, 0.1) is 5.39 Å². The topological polar surface area (TPSA) is 20.9 Å². The molecule has 3 aromatic rings. The molecule has 0 N–H and O–H groups in total. The first-order chi connectivity index (χ1) is 10.3. The Labute approximate surface area is 124 Å². The van der Waals surface area contributed by atoms with Crippen LogP contribution in [0.4, 0.5) is 0 Å². The van der Waals surface area contributed by atoms with Gasteiger partial charge in [-0.1, -0.05) is 48.6 Å². The number of pyridine rings is 1. The van der Waals surface area contributed by atoms with Crippen LogP contribution in [0.3, 0.4) is 0 Å². The lowest BCUT2D eigenvalue weighted by atomic mass is 10.1. The fourth-order valence-electron chi connectivity index (χ4n) is 2.40. The summed E-state index contributed by atoms with van der Waals surface area (Å²) < 4.78 is 2.12. The lowest BCUT2D eigenvalue weighted by Crippen LogP contribution is -2.28. The highest BCUT2D eigenvalue weighted by Gasteiger charge is 2.06. The van der Waals surface area contributed by atoms with E-state index in [-0.39, 0.29) is 0 Å². The quantitative estimate of drug-likeness (QED) is 0.527. The predicted octanol–water partition coefficient (Wildman–Crippen LogP) is 3.65. The molecule has 0 aliphatic carbocycles. The predicted molar refractivity (Wildman–Crippen MR) is 85.9 cm³/mol. The summed E-state index contributed by atoms with van der Waals surface area (Å²) in [6, 6.07) is 18.0. The Kier molecular flexibility index (Phi) is 3.61. The van der Waals surface area contributed by atoms with Crippen molar-refractivity contribution in [3.63, 3.8) is 0 Å². The molecule has 21 heavy (non-hydrogen) atoms. The summed E-state index contributed by atoms with van der Waals surface area (Å²) in [6.45, 7) is 0. The fourth-order valence-corrected chi connectivity index (χ4v) is 2.40. The number of rotatable bonds is 3. The molecular formula is C19H16NO+. The van der Waals surface area contributed by atoms with Crippen LogP contribution in [0.25, 0.3) is 23.1 Å². The summed E-state index contributed by atoms with van der Waals surface area (Å²) in [5, 5.41) is 1.23. The van der Waals surface area contributed by atoms with Crippen LogP contribution in [0.5, 0.6) is 0 Å². The minimum absolute atomic E-state index is 0.698. The van der Waals surface area contributed by atoms with Crippen LogP contribution < -0.4 is 4.57 Å². The molecule has 0 aliphatic rings. The van der Waals surface area contributed by atoms with Crippen molar-refractivity contribution < 1.29 is 9.36 Å². The second-order valence-corrected chi connectivity index (χ2v) is 5.02. The molecule has 1 heterocycles. The molecule has 0 spiro atoms. The molecule has 0 radical (unpaired) electrons. The van der Waals surface area contributed by atoms with Crippen LogP contribution in [0, 0.1) is 0 Å². The zero-order valence-corrected chi connectivity index (χ0v) is 11.9. The number of benzene rings is 2. The van der Waals surface area contributed by atoms with E-state index in [0.29, 0.717) is 5.56 Å². The molecule has 102 valence electrons. The maximum absolute atomic E-state index is 10.7. The third-order valence-corrected chi connectivity index (χ3v) is 3.60. The van der Waals surface area contributed by atoms with Crippen molar-refractivity contribution in [3.05, 3.63) is 77.5 Å². The molecule has 0 atom stereocenters. The molecular weight excluding hydrogens is 258 g/mol. The molecule has 2 nitrogen and oxygen atoms in total. The normalized spacial score (nSPS) is 11.1. The van der Waals surface area contributed by atoms with E-state index in [9.17, 15) is 4.79 Å². The Morgan fingerprint density at radius 1 is 0.857 bits per heavy atom. The smallest absolute Gasteiger partial charge is 0.212 e. The van der Waals surface area contributed by atoms with Gasteiger partial charge in [-0.15, -0.1) is 0 Å². The summed E-state index contributed by atoms with van der Waals surface area (Å²) in [4.78, 5) is 10.7. The van der Waals surface area contributed by atoms with Crippen LogP contribution in [-0.4, -0.2) is 6.29 Å². The third-order valence-electron chi connectivity index (χ3n) is 3.60. The second-order valence-electron chi connectivity index (χ2n) is 5.02. The first-order valence-corrected chi connectivity index (χ1v) is 6.88. The van der Waals surface area contributed by atoms with Crippen molar-refractivity contribution in [3.8, 4) is 0 Å². The molecule has 0 unspecified atom stereocenters. The molecule has 0 amide bonds. The monoisotopic (exact) mass is 274 g/mol. The van der Waals surface area contributed by atoms with Crippen LogP contribution in [0.15, 0.2) is 60.8 Å². The zero-order chi connectivity index (χ0) is 14.7. The summed E-state index contributed by atoms with van der Waals surface area (Å²) in [6.07, 6.45) is 7.10. The number of fused-ring (bicyclic) bond motifs is 1. The minimum atomic E-state index is 0.698. The Bertz CT molecular complexity index is 817. The highest BCUT2D eigenvalue weighted by atomic mass is 16.1. The van der Waals surface area contributed by atoms with Gasteiger partial charge < -0.3 is 0 Å². The van der Waals surface area contributed by atoms with E-state index in [2.05, 4.69) is 47.2 Å². The van der Waals surface area contributed by atoms with Gasteiger partial charge in [0, 0.05) is 17.7 Å². The fraction of sp³-hybridized carbons (Fsp3) is 0.0526. The Hall–Kier alpha value is -2.74. The summed E-state index contributed by atoms with van der Waals surface area (Å²) in [7, 11) is 2.05. The minimum Gasteiger partial charge on any atom is -0.298 e. The highest BCUT2D eigenvalue weighted by Crippen LogP contribution is 2.17. The number of aldehydes is 1. The molecule has 0 fully saturated rings. The van der Waals surface area contributed by atoms with E-state index in [4.69, 9.17) is 0 Å². The molecule has 0 saturated carbocycles. The SMILES string of the molecule is C[n+]1ccc(/C=C\c2ccc(C=O)cc2)c2ccccc21. The number of nitrogens with zero attached hydrogens (tertiary/aromatic N) is 1.